The Kier molecular flexibility index (Phi) is 6.06. The molecular weight excluding hydrogens is 416 g/mol. The summed E-state index contributed by atoms with van der Waals surface area (Å²) in [6.45, 7) is 4.40. The standard InChI is InChI=1S/C17H17ClF4N6O/c1-8-14(18)9(2)27(25-8)5-3-4-23-17(29)11-7-13-24-10(15(19)20)6-12(16(21)22)28(13)26-11/h6-7,15-16H,3-5H2,1-2H3,(H,23,29). The first-order chi connectivity index (χ1) is 13.7. The van der Waals surface area contributed by atoms with Crippen molar-refractivity contribution in [2.24, 2.45) is 0 Å². The molecule has 1 amide bonds. The molecule has 1 N–H and O–H groups in total. The van der Waals surface area contributed by atoms with E-state index in [-0.39, 0.29) is 17.9 Å². The van der Waals surface area contributed by atoms with Crippen LogP contribution in [-0.4, -0.2) is 36.8 Å². The van der Waals surface area contributed by atoms with Crippen molar-refractivity contribution in [2.75, 3.05) is 6.54 Å². The molecule has 156 valence electrons. The molecular formula is C17H17ClF4N6O. The van der Waals surface area contributed by atoms with Gasteiger partial charge in [0, 0.05) is 19.2 Å². The molecule has 0 radical (unpaired) electrons. The van der Waals surface area contributed by atoms with Gasteiger partial charge >= 0.3 is 0 Å². The maximum atomic E-state index is 13.2. The minimum absolute atomic E-state index is 0.194. The third kappa shape index (κ3) is 4.34. The van der Waals surface area contributed by atoms with Crippen molar-refractivity contribution >= 4 is 23.2 Å². The number of halogens is 5. The summed E-state index contributed by atoms with van der Waals surface area (Å²) in [4.78, 5) is 15.8. The molecule has 3 aromatic rings. The fourth-order valence-corrected chi connectivity index (χ4v) is 2.95. The van der Waals surface area contributed by atoms with Gasteiger partial charge in [-0.1, -0.05) is 11.6 Å². The van der Waals surface area contributed by atoms with Crippen LogP contribution in [0, 0.1) is 13.8 Å². The van der Waals surface area contributed by atoms with Crippen molar-refractivity contribution < 1.29 is 22.4 Å². The average Bonchev–Trinajstić information content (AvgIpc) is 3.21. The van der Waals surface area contributed by atoms with Crippen LogP contribution in [-0.2, 0) is 6.54 Å². The van der Waals surface area contributed by atoms with E-state index in [1.54, 1.807) is 11.6 Å². The van der Waals surface area contributed by atoms with Gasteiger partial charge in [0.25, 0.3) is 18.8 Å². The highest BCUT2D eigenvalue weighted by atomic mass is 35.5. The van der Waals surface area contributed by atoms with Crippen molar-refractivity contribution in [3.8, 4) is 0 Å². The number of amides is 1. The van der Waals surface area contributed by atoms with Gasteiger partial charge in [-0.3, -0.25) is 9.48 Å². The summed E-state index contributed by atoms with van der Waals surface area (Å²) in [6.07, 6.45) is -5.54. The van der Waals surface area contributed by atoms with E-state index in [0.717, 1.165) is 11.8 Å². The predicted molar refractivity (Wildman–Crippen MR) is 96.6 cm³/mol. The average molecular weight is 433 g/mol. The smallest absolute Gasteiger partial charge is 0.280 e. The second-order valence-electron chi connectivity index (χ2n) is 6.32. The van der Waals surface area contributed by atoms with E-state index in [1.165, 1.54) is 0 Å². The van der Waals surface area contributed by atoms with Crippen LogP contribution in [0.15, 0.2) is 12.1 Å². The molecule has 0 aliphatic carbocycles. The van der Waals surface area contributed by atoms with Crippen LogP contribution in [0.25, 0.3) is 5.65 Å². The van der Waals surface area contributed by atoms with Crippen molar-refractivity contribution in [3.63, 3.8) is 0 Å². The van der Waals surface area contributed by atoms with Gasteiger partial charge in [0.1, 0.15) is 11.4 Å². The largest absolute Gasteiger partial charge is 0.351 e. The van der Waals surface area contributed by atoms with E-state index in [0.29, 0.717) is 34.3 Å². The van der Waals surface area contributed by atoms with Gasteiger partial charge in [-0.15, -0.1) is 0 Å². The molecule has 0 aromatic carbocycles. The maximum absolute atomic E-state index is 13.2. The summed E-state index contributed by atoms with van der Waals surface area (Å²) in [5.41, 5.74) is -0.478. The van der Waals surface area contributed by atoms with Crippen LogP contribution in [0.1, 0.15) is 52.5 Å². The van der Waals surface area contributed by atoms with Crippen LogP contribution < -0.4 is 5.32 Å². The lowest BCUT2D eigenvalue weighted by Gasteiger charge is -2.06. The second kappa shape index (κ2) is 8.36. The van der Waals surface area contributed by atoms with Crippen molar-refractivity contribution in [1.29, 1.82) is 0 Å². The fourth-order valence-electron chi connectivity index (χ4n) is 2.81. The third-order valence-electron chi connectivity index (χ3n) is 4.28. The van der Waals surface area contributed by atoms with E-state index in [4.69, 9.17) is 11.6 Å². The predicted octanol–water partition coefficient (Wildman–Crippen LogP) is 3.89. The summed E-state index contributed by atoms with van der Waals surface area (Å²) in [5.74, 6) is -0.624. The highest BCUT2D eigenvalue weighted by Crippen LogP contribution is 2.25. The molecule has 0 saturated heterocycles. The van der Waals surface area contributed by atoms with Crippen LogP contribution >= 0.6 is 11.6 Å². The molecule has 12 heteroatoms. The number of nitrogens with one attached hydrogen (secondary N) is 1. The summed E-state index contributed by atoms with van der Waals surface area (Å²) in [6, 6.07) is 1.67. The number of carbonyl (C=O) groups excluding carboxylic acids is 1. The quantitative estimate of drug-likeness (QED) is 0.454. The van der Waals surface area contributed by atoms with Crippen LogP contribution in [0.5, 0.6) is 0 Å². The van der Waals surface area contributed by atoms with Crippen molar-refractivity contribution in [2.45, 2.75) is 39.7 Å². The van der Waals surface area contributed by atoms with Gasteiger partial charge in [-0.25, -0.2) is 27.1 Å². The van der Waals surface area contributed by atoms with Gasteiger partial charge < -0.3 is 5.32 Å². The van der Waals surface area contributed by atoms with E-state index in [9.17, 15) is 22.4 Å². The maximum Gasteiger partial charge on any atom is 0.280 e. The zero-order chi connectivity index (χ0) is 21.3. The van der Waals surface area contributed by atoms with E-state index >= 15 is 0 Å². The van der Waals surface area contributed by atoms with Gasteiger partial charge in [-0.2, -0.15) is 10.2 Å². The number of hydrogen-bond donors (Lipinski definition) is 1. The minimum Gasteiger partial charge on any atom is -0.351 e. The Morgan fingerprint density at radius 2 is 1.90 bits per heavy atom. The third-order valence-corrected chi connectivity index (χ3v) is 4.83. The first-order valence-corrected chi connectivity index (χ1v) is 9.01. The number of aromatic nitrogens is 5. The Morgan fingerprint density at radius 1 is 1.17 bits per heavy atom. The van der Waals surface area contributed by atoms with Crippen molar-refractivity contribution in [1.82, 2.24) is 29.7 Å². The highest BCUT2D eigenvalue weighted by molar-refractivity contribution is 6.31. The first-order valence-electron chi connectivity index (χ1n) is 8.63. The van der Waals surface area contributed by atoms with E-state index in [2.05, 4.69) is 20.5 Å². The Balaban J connectivity index is 1.69. The molecule has 0 aliphatic rings. The molecule has 0 saturated carbocycles. The summed E-state index contributed by atoms with van der Waals surface area (Å²) >= 11 is 6.08. The summed E-state index contributed by atoms with van der Waals surface area (Å²) in [7, 11) is 0. The number of alkyl halides is 4. The topological polar surface area (TPSA) is 77.1 Å². The summed E-state index contributed by atoms with van der Waals surface area (Å²) in [5, 5.41) is 11.3. The number of fused-ring (bicyclic) bond motifs is 1. The lowest BCUT2D eigenvalue weighted by molar-refractivity contribution is 0.0946. The monoisotopic (exact) mass is 432 g/mol. The van der Waals surface area contributed by atoms with Crippen LogP contribution in [0.2, 0.25) is 5.02 Å². The molecule has 0 bridgehead atoms. The lowest BCUT2D eigenvalue weighted by atomic mass is 10.3. The SMILES string of the molecule is Cc1nn(CCCNC(=O)c2cc3nc(C(F)F)cc(C(F)F)n3n2)c(C)c1Cl. The number of aryl methyl sites for hydroxylation is 2. The van der Waals surface area contributed by atoms with Gasteiger partial charge in [0.05, 0.1) is 16.4 Å². The van der Waals surface area contributed by atoms with E-state index < -0.39 is 30.1 Å². The zero-order valence-corrected chi connectivity index (χ0v) is 16.2. The Morgan fingerprint density at radius 3 is 2.48 bits per heavy atom. The Bertz CT molecular complexity index is 1050. The normalized spacial score (nSPS) is 11.8. The number of rotatable bonds is 7. The number of carbonyl (C=O) groups is 1. The molecule has 0 unspecified atom stereocenters. The lowest BCUT2D eigenvalue weighted by Crippen LogP contribution is -2.26. The Labute approximate surface area is 167 Å². The fraction of sp³-hybridized carbons (Fsp3) is 0.412. The second-order valence-corrected chi connectivity index (χ2v) is 6.70. The van der Waals surface area contributed by atoms with Crippen molar-refractivity contribution in [3.05, 3.63) is 45.6 Å². The summed E-state index contributed by atoms with van der Waals surface area (Å²) < 4.78 is 54.5. The van der Waals surface area contributed by atoms with E-state index in [1.807, 2.05) is 6.92 Å². The number of hydrogen-bond acceptors (Lipinski definition) is 4. The highest BCUT2D eigenvalue weighted by Gasteiger charge is 2.22. The molecule has 0 aliphatic heterocycles. The number of nitrogens with zero attached hydrogens (tertiary/aromatic N) is 5. The molecule has 0 atom stereocenters. The minimum atomic E-state index is -3.05. The zero-order valence-electron chi connectivity index (χ0n) is 15.5. The van der Waals surface area contributed by atoms with Gasteiger partial charge in [0.2, 0.25) is 0 Å². The van der Waals surface area contributed by atoms with Gasteiger partial charge in [0.15, 0.2) is 11.3 Å². The molecule has 3 rings (SSSR count). The van der Waals surface area contributed by atoms with Crippen LogP contribution in [0.4, 0.5) is 17.6 Å². The molecule has 0 spiro atoms. The molecule has 3 heterocycles. The molecule has 7 nitrogen and oxygen atoms in total. The first kappa shape index (κ1) is 21.0. The van der Waals surface area contributed by atoms with Gasteiger partial charge in [-0.05, 0) is 26.3 Å². The molecule has 3 aromatic heterocycles. The molecule has 0 fully saturated rings. The Hall–Kier alpha value is -2.69. The molecule has 29 heavy (non-hydrogen) atoms. The van der Waals surface area contributed by atoms with Crippen LogP contribution in [0.3, 0.4) is 0 Å².